The molecule has 2 rings (SSSR count). The summed E-state index contributed by atoms with van der Waals surface area (Å²) in [5, 5.41) is 28.3. The Bertz CT molecular complexity index is 753. The van der Waals surface area contributed by atoms with Gasteiger partial charge in [0, 0.05) is 11.1 Å². The van der Waals surface area contributed by atoms with E-state index in [-0.39, 0.29) is 22.8 Å². The largest absolute Gasteiger partial charge is 0.507 e. The van der Waals surface area contributed by atoms with Crippen LogP contribution >= 0.6 is 0 Å². The summed E-state index contributed by atoms with van der Waals surface area (Å²) in [5.74, 6) is 4.22. The standard InChI is InChI=1S/C16H12O5/c1-21-16(20)12-6-4-10(8-14(12)18)2-3-11-5-7-13(17)15(19)9-11/h4-9,17-19H,1H3. The average Bonchev–Trinajstić information content (AvgIpc) is 2.48. The highest BCUT2D eigenvalue weighted by Crippen LogP contribution is 2.24. The predicted octanol–water partition coefficient (Wildman–Crippen LogP) is 1.99. The molecule has 0 radical (unpaired) electrons. The molecule has 0 aliphatic heterocycles. The van der Waals surface area contributed by atoms with E-state index in [0.29, 0.717) is 11.1 Å². The van der Waals surface area contributed by atoms with E-state index in [1.807, 2.05) is 0 Å². The minimum atomic E-state index is -0.629. The molecule has 0 spiro atoms. The number of benzene rings is 2. The zero-order valence-corrected chi connectivity index (χ0v) is 11.1. The Morgan fingerprint density at radius 1 is 0.905 bits per heavy atom. The van der Waals surface area contributed by atoms with Gasteiger partial charge in [0.25, 0.3) is 0 Å². The van der Waals surface area contributed by atoms with Gasteiger partial charge in [-0.3, -0.25) is 0 Å². The van der Waals surface area contributed by atoms with Crippen LogP contribution in [0.4, 0.5) is 0 Å². The van der Waals surface area contributed by atoms with E-state index >= 15 is 0 Å². The van der Waals surface area contributed by atoms with Crippen molar-refractivity contribution in [2.45, 2.75) is 0 Å². The van der Waals surface area contributed by atoms with Gasteiger partial charge in [-0.1, -0.05) is 11.8 Å². The quantitative estimate of drug-likeness (QED) is 0.423. The molecule has 5 nitrogen and oxygen atoms in total. The van der Waals surface area contributed by atoms with Gasteiger partial charge in [-0.2, -0.15) is 0 Å². The summed E-state index contributed by atoms with van der Waals surface area (Å²) in [7, 11) is 1.23. The van der Waals surface area contributed by atoms with Crippen molar-refractivity contribution in [3.05, 3.63) is 53.1 Å². The Morgan fingerprint density at radius 3 is 2.00 bits per heavy atom. The SMILES string of the molecule is COC(=O)c1ccc(C#Cc2ccc(O)c(O)c2)cc1O. The highest BCUT2D eigenvalue weighted by molar-refractivity contribution is 5.92. The van der Waals surface area contributed by atoms with Crippen LogP contribution < -0.4 is 0 Å². The lowest BCUT2D eigenvalue weighted by Crippen LogP contribution is -2.01. The molecule has 21 heavy (non-hydrogen) atoms. The molecule has 0 saturated heterocycles. The molecule has 0 saturated carbocycles. The molecule has 106 valence electrons. The number of hydrogen-bond donors (Lipinski definition) is 3. The van der Waals surface area contributed by atoms with Crippen LogP contribution in [0.2, 0.25) is 0 Å². The number of phenolic OH excluding ortho intramolecular Hbond substituents is 3. The van der Waals surface area contributed by atoms with Gasteiger partial charge < -0.3 is 20.1 Å². The topological polar surface area (TPSA) is 87.0 Å². The number of rotatable bonds is 1. The summed E-state index contributed by atoms with van der Waals surface area (Å²) in [6.45, 7) is 0. The molecule has 0 aliphatic rings. The molecule has 0 amide bonds. The lowest BCUT2D eigenvalue weighted by atomic mass is 10.1. The normalized spacial score (nSPS) is 9.57. The van der Waals surface area contributed by atoms with E-state index in [9.17, 15) is 20.1 Å². The summed E-state index contributed by atoms with van der Waals surface area (Å²) in [5.41, 5.74) is 1.06. The second-order valence-corrected chi connectivity index (χ2v) is 4.18. The highest BCUT2D eigenvalue weighted by atomic mass is 16.5. The number of phenols is 3. The number of hydrogen-bond acceptors (Lipinski definition) is 5. The van der Waals surface area contributed by atoms with E-state index in [0.717, 1.165) is 0 Å². The maximum absolute atomic E-state index is 11.3. The molecule has 0 unspecified atom stereocenters. The second-order valence-electron chi connectivity index (χ2n) is 4.18. The van der Waals surface area contributed by atoms with Crippen molar-refractivity contribution in [1.82, 2.24) is 0 Å². The molecular formula is C16H12O5. The van der Waals surface area contributed by atoms with Crippen molar-refractivity contribution in [3.63, 3.8) is 0 Å². The van der Waals surface area contributed by atoms with Crippen molar-refractivity contribution in [2.75, 3.05) is 7.11 Å². The summed E-state index contributed by atoms with van der Waals surface area (Å²) < 4.78 is 4.52. The van der Waals surface area contributed by atoms with Crippen molar-refractivity contribution in [3.8, 4) is 29.1 Å². The molecule has 3 N–H and O–H groups in total. The van der Waals surface area contributed by atoms with Crippen molar-refractivity contribution in [1.29, 1.82) is 0 Å². The molecule has 0 bridgehead atoms. The van der Waals surface area contributed by atoms with Crippen LogP contribution in [0.25, 0.3) is 0 Å². The maximum Gasteiger partial charge on any atom is 0.341 e. The molecule has 0 fully saturated rings. The first-order valence-electron chi connectivity index (χ1n) is 5.96. The summed E-state index contributed by atoms with van der Waals surface area (Å²) in [6.07, 6.45) is 0. The minimum Gasteiger partial charge on any atom is -0.507 e. The molecule has 0 atom stereocenters. The van der Waals surface area contributed by atoms with Gasteiger partial charge >= 0.3 is 5.97 Å². The molecule has 0 aromatic heterocycles. The van der Waals surface area contributed by atoms with Crippen LogP contribution in [0.3, 0.4) is 0 Å². The van der Waals surface area contributed by atoms with Crippen molar-refractivity contribution in [2.24, 2.45) is 0 Å². The number of esters is 1. The van der Waals surface area contributed by atoms with Gasteiger partial charge in [-0.05, 0) is 36.4 Å². The fraction of sp³-hybridized carbons (Fsp3) is 0.0625. The number of ether oxygens (including phenoxy) is 1. The van der Waals surface area contributed by atoms with Gasteiger partial charge in [0.2, 0.25) is 0 Å². The molecular weight excluding hydrogens is 272 g/mol. The molecule has 2 aromatic rings. The Hall–Kier alpha value is -3.13. The zero-order valence-electron chi connectivity index (χ0n) is 11.1. The van der Waals surface area contributed by atoms with E-state index in [1.165, 1.54) is 31.4 Å². The number of aromatic hydroxyl groups is 3. The van der Waals surface area contributed by atoms with Crippen molar-refractivity contribution < 1.29 is 24.9 Å². The van der Waals surface area contributed by atoms with E-state index in [1.54, 1.807) is 12.1 Å². The number of methoxy groups -OCH3 is 1. The molecule has 0 heterocycles. The number of carbonyl (C=O) groups is 1. The van der Waals surface area contributed by atoms with Crippen LogP contribution in [-0.4, -0.2) is 28.4 Å². The molecule has 5 heteroatoms. The van der Waals surface area contributed by atoms with Gasteiger partial charge in [0.15, 0.2) is 11.5 Å². The van der Waals surface area contributed by atoms with Gasteiger partial charge in [-0.25, -0.2) is 4.79 Å². The van der Waals surface area contributed by atoms with E-state index < -0.39 is 5.97 Å². The highest BCUT2D eigenvalue weighted by Gasteiger charge is 2.10. The monoisotopic (exact) mass is 284 g/mol. The molecule has 0 aliphatic carbocycles. The first-order valence-corrected chi connectivity index (χ1v) is 5.96. The smallest absolute Gasteiger partial charge is 0.341 e. The van der Waals surface area contributed by atoms with Crippen LogP contribution in [0, 0.1) is 11.8 Å². The van der Waals surface area contributed by atoms with Crippen LogP contribution in [0.5, 0.6) is 17.2 Å². The third-order valence-electron chi connectivity index (χ3n) is 2.73. The third kappa shape index (κ3) is 3.25. The van der Waals surface area contributed by atoms with Crippen LogP contribution in [0.15, 0.2) is 36.4 Å². The Kier molecular flexibility index (Phi) is 4.00. The zero-order chi connectivity index (χ0) is 15.4. The van der Waals surface area contributed by atoms with E-state index in [4.69, 9.17) is 0 Å². The summed E-state index contributed by atoms with van der Waals surface area (Å²) >= 11 is 0. The van der Waals surface area contributed by atoms with Crippen molar-refractivity contribution >= 4 is 5.97 Å². The van der Waals surface area contributed by atoms with Gasteiger partial charge in [0.1, 0.15) is 11.3 Å². The van der Waals surface area contributed by atoms with Crippen LogP contribution in [0.1, 0.15) is 21.5 Å². The fourth-order valence-electron chi connectivity index (χ4n) is 1.64. The lowest BCUT2D eigenvalue weighted by molar-refractivity contribution is 0.0597. The summed E-state index contributed by atoms with van der Waals surface area (Å²) in [4.78, 5) is 11.3. The average molecular weight is 284 g/mol. The summed E-state index contributed by atoms with van der Waals surface area (Å²) in [6, 6.07) is 8.53. The lowest BCUT2D eigenvalue weighted by Gasteiger charge is -2.02. The Morgan fingerprint density at radius 2 is 1.48 bits per heavy atom. The number of carbonyl (C=O) groups excluding carboxylic acids is 1. The van der Waals surface area contributed by atoms with Gasteiger partial charge in [0.05, 0.1) is 7.11 Å². The Labute approximate surface area is 121 Å². The maximum atomic E-state index is 11.3. The van der Waals surface area contributed by atoms with E-state index in [2.05, 4.69) is 16.6 Å². The van der Waals surface area contributed by atoms with Gasteiger partial charge in [-0.15, -0.1) is 0 Å². The first kappa shape index (κ1) is 14.3. The fourth-order valence-corrected chi connectivity index (χ4v) is 1.64. The third-order valence-corrected chi connectivity index (χ3v) is 2.73. The minimum absolute atomic E-state index is 0.0605. The first-order chi connectivity index (χ1) is 10.0. The van der Waals surface area contributed by atoms with Crippen LogP contribution in [-0.2, 0) is 4.74 Å². The predicted molar refractivity (Wildman–Crippen MR) is 75.2 cm³/mol. The second kappa shape index (κ2) is 5.88. The molecule has 2 aromatic carbocycles. The Balaban J connectivity index is 2.28.